The minimum Gasteiger partial charge on any atom is -0.383 e. The predicted molar refractivity (Wildman–Crippen MR) is 72.2 cm³/mol. The Hall–Kier alpha value is -1.02. The van der Waals surface area contributed by atoms with Gasteiger partial charge in [-0.15, -0.1) is 0 Å². The van der Waals surface area contributed by atoms with E-state index in [9.17, 15) is 0 Å². The van der Waals surface area contributed by atoms with Crippen LogP contribution < -0.4 is 11.1 Å². The Morgan fingerprint density at radius 3 is 2.00 bits per heavy atom. The predicted octanol–water partition coefficient (Wildman–Crippen LogP) is 2.97. The van der Waals surface area contributed by atoms with E-state index in [1.807, 2.05) is 0 Å². The molecule has 1 rings (SSSR count). The van der Waals surface area contributed by atoms with Crippen LogP contribution in [-0.4, -0.2) is 13.1 Å². The number of nitrogens with one attached hydrogen (secondary N) is 1. The normalized spacial score (nSPS) is 11.6. The zero-order valence-corrected chi connectivity index (χ0v) is 11.1. The third kappa shape index (κ3) is 2.99. The molecular formula is C14H24N2. The highest BCUT2D eigenvalue weighted by Crippen LogP contribution is 2.29. The lowest BCUT2D eigenvalue weighted by atomic mass is 9.85. The second-order valence-electron chi connectivity index (χ2n) is 5.45. The third-order valence-electron chi connectivity index (χ3n) is 2.84. The smallest absolute Gasteiger partial charge is 0.0400 e. The summed E-state index contributed by atoms with van der Waals surface area (Å²) in [5.41, 5.74) is 11.0. The number of hydrogen-bond acceptors (Lipinski definition) is 2. The van der Waals surface area contributed by atoms with Crippen molar-refractivity contribution in [2.45, 2.75) is 40.0 Å². The second kappa shape index (κ2) is 4.88. The highest BCUT2D eigenvalue weighted by atomic mass is 14.9. The van der Waals surface area contributed by atoms with Gasteiger partial charge in [0, 0.05) is 18.8 Å². The highest BCUT2D eigenvalue weighted by molar-refractivity contribution is 5.59. The molecule has 0 heterocycles. The first kappa shape index (κ1) is 13.0. The minimum absolute atomic E-state index is 0.210. The molecule has 0 amide bonds. The van der Waals surface area contributed by atoms with Gasteiger partial charge >= 0.3 is 0 Å². The summed E-state index contributed by atoms with van der Waals surface area (Å²) in [6, 6.07) is 4.54. The maximum absolute atomic E-state index is 5.51. The fourth-order valence-electron chi connectivity index (χ4n) is 1.87. The van der Waals surface area contributed by atoms with E-state index in [2.05, 4.69) is 52.1 Å². The monoisotopic (exact) mass is 220 g/mol. The molecular weight excluding hydrogens is 196 g/mol. The van der Waals surface area contributed by atoms with Crippen LogP contribution in [0.25, 0.3) is 0 Å². The van der Waals surface area contributed by atoms with Gasteiger partial charge in [-0.1, -0.05) is 32.9 Å². The average Bonchev–Trinajstić information content (AvgIpc) is 2.15. The number of anilines is 1. The zero-order valence-electron chi connectivity index (χ0n) is 11.1. The fourth-order valence-corrected chi connectivity index (χ4v) is 1.87. The lowest BCUT2D eigenvalue weighted by molar-refractivity contribution is 0.589. The van der Waals surface area contributed by atoms with E-state index in [4.69, 9.17) is 5.73 Å². The van der Waals surface area contributed by atoms with Crippen molar-refractivity contribution < 1.29 is 0 Å². The number of rotatable bonds is 3. The molecule has 0 radical (unpaired) electrons. The topological polar surface area (TPSA) is 38.0 Å². The summed E-state index contributed by atoms with van der Waals surface area (Å²) in [6.45, 7) is 12.5. The molecule has 0 fully saturated rings. The van der Waals surface area contributed by atoms with Gasteiger partial charge in [-0.05, 0) is 36.0 Å². The van der Waals surface area contributed by atoms with E-state index in [0.29, 0.717) is 6.54 Å². The van der Waals surface area contributed by atoms with Crippen molar-refractivity contribution >= 4 is 5.69 Å². The number of nitrogens with two attached hydrogens (primary N) is 1. The van der Waals surface area contributed by atoms with Crippen LogP contribution in [0.15, 0.2) is 12.1 Å². The Labute approximate surface area is 99.2 Å². The van der Waals surface area contributed by atoms with Gasteiger partial charge in [-0.25, -0.2) is 0 Å². The number of benzene rings is 1. The molecule has 90 valence electrons. The van der Waals surface area contributed by atoms with Gasteiger partial charge in [0.25, 0.3) is 0 Å². The van der Waals surface area contributed by atoms with E-state index in [1.165, 1.54) is 22.4 Å². The summed E-state index contributed by atoms with van der Waals surface area (Å²) in [5.74, 6) is 0. The molecule has 1 aromatic carbocycles. The summed E-state index contributed by atoms with van der Waals surface area (Å²) in [7, 11) is 0. The number of hydrogen-bond donors (Lipinski definition) is 2. The van der Waals surface area contributed by atoms with Crippen molar-refractivity contribution in [2.24, 2.45) is 5.73 Å². The van der Waals surface area contributed by atoms with Crippen molar-refractivity contribution in [3.8, 4) is 0 Å². The molecule has 0 saturated carbocycles. The Morgan fingerprint density at radius 1 is 1.12 bits per heavy atom. The van der Waals surface area contributed by atoms with Crippen LogP contribution in [0.2, 0.25) is 0 Å². The molecule has 16 heavy (non-hydrogen) atoms. The summed E-state index contributed by atoms with van der Waals surface area (Å²) >= 11 is 0. The van der Waals surface area contributed by atoms with Crippen molar-refractivity contribution in [3.63, 3.8) is 0 Å². The zero-order chi connectivity index (χ0) is 12.3. The maximum atomic E-state index is 5.51. The Balaban J connectivity index is 3.08. The average molecular weight is 220 g/mol. The van der Waals surface area contributed by atoms with Gasteiger partial charge < -0.3 is 11.1 Å². The first-order valence-electron chi connectivity index (χ1n) is 5.92. The Bertz CT molecular complexity index is 338. The van der Waals surface area contributed by atoms with Crippen LogP contribution >= 0.6 is 0 Å². The first-order valence-corrected chi connectivity index (χ1v) is 5.92. The summed E-state index contributed by atoms with van der Waals surface area (Å²) in [6.07, 6.45) is 0. The molecule has 0 bridgehead atoms. The van der Waals surface area contributed by atoms with Gasteiger partial charge in [-0.2, -0.15) is 0 Å². The Kier molecular flexibility index (Phi) is 3.98. The van der Waals surface area contributed by atoms with E-state index >= 15 is 0 Å². The van der Waals surface area contributed by atoms with Crippen LogP contribution in [0.4, 0.5) is 5.69 Å². The number of aryl methyl sites for hydroxylation is 2. The van der Waals surface area contributed by atoms with Crippen molar-refractivity contribution in [2.75, 3.05) is 18.4 Å². The standard InChI is InChI=1S/C14H24N2/c1-10-8-12(14(3,4)5)9-11(2)13(10)16-7-6-15/h8-9,16H,6-7,15H2,1-5H3. The molecule has 0 atom stereocenters. The van der Waals surface area contributed by atoms with E-state index < -0.39 is 0 Å². The van der Waals surface area contributed by atoms with Crippen LogP contribution in [0.1, 0.15) is 37.5 Å². The van der Waals surface area contributed by atoms with Crippen LogP contribution in [0.5, 0.6) is 0 Å². The van der Waals surface area contributed by atoms with E-state index in [1.54, 1.807) is 0 Å². The molecule has 1 aromatic rings. The van der Waals surface area contributed by atoms with E-state index in [-0.39, 0.29) is 5.41 Å². The highest BCUT2D eigenvalue weighted by Gasteiger charge is 2.15. The van der Waals surface area contributed by atoms with Crippen LogP contribution in [-0.2, 0) is 5.41 Å². The largest absolute Gasteiger partial charge is 0.383 e. The van der Waals surface area contributed by atoms with Crippen molar-refractivity contribution in [1.82, 2.24) is 0 Å². The lowest BCUT2D eigenvalue weighted by Gasteiger charge is -2.22. The summed E-state index contributed by atoms with van der Waals surface area (Å²) in [5, 5.41) is 3.38. The van der Waals surface area contributed by atoms with E-state index in [0.717, 1.165) is 6.54 Å². The van der Waals surface area contributed by atoms with Crippen molar-refractivity contribution in [3.05, 3.63) is 28.8 Å². The molecule has 0 aliphatic rings. The first-order chi connectivity index (χ1) is 7.36. The molecule has 0 aliphatic heterocycles. The lowest BCUT2D eigenvalue weighted by Crippen LogP contribution is -2.16. The molecule has 3 N–H and O–H groups in total. The van der Waals surface area contributed by atoms with Gasteiger partial charge in [0.15, 0.2) is 0 Å². The SMILES string of the molecule is Cc1cc(C(C)(C)C)cc(C)c1NCCN. The second-order valence-corrected chi connectivity index (χ2v) is 5.45. The molecule has 0 aliphatic carbocycles. The molecule has 0 saturated heterocycles. The van der Waals surface area contributed by atoms with Gasteiger partial charge in [0.1, 0.15) is 0 Å². The van der Waals surface area contributed by atoms with Gasteiger partial charge in [0.05, 0.1) is 0 Å². The third-order valence-corrected chi connectivity index (χ3v) is 2.84. The molecule has 0 unspecified atom stereocenters. The van der Waals surface area contributed by atoms with Gasteiger partial charge in [0.2, 0.25) is 0 Å². The Morgan fingerprint density at radius 2 is 1.62 bits per heavy atom. The maximum Gasteiger partial charge on any atom is 0.0400 e. The van der Waals surface area contributed by atoms with Gasteiger partial charge in [-0.3, -0.25) is 0 Å². The van der Waals surface area contributed by atoms with Crippen LogP contribution in [0.3, 0.4) is 0 Å². The molecule has 0 spiro atoms. The summed E-state index contributed by atoms with van der Waals surface area (Å²) in [4.78, 5) is 0. The molecule has 0 aromatic heterocycles. The fraction of sp³-hybridized carbons (Fsp3) is 0.571. The van der Waals surface area contributed by atoms with Crippen LogP contribution in [0, 0.1) is 13.8 Å². The molecule has 2 heteroatoms. The summed E-state index contributed by atoms with van der Waals surface area (Å²) < 4.78 is 0. The minimum atomic E-state index is 0.210. The molecule has 2 nitrogen and oxygen atoms in total. The quantitative estimate of drug-likeness (QED) is 0.822. The van der Waals surface area contributed by atoms with Crippen molar-refractivity contribution in [1.29, 1.82) is 0 Å².